The molecule has 0 N–H and O–H groups in total. The van der Waals surface area contributed by atoms with E-state index in [9.17, 15) is 8.42 Å². The molecule has 5 nitrogen and oxygen atoms in total. The maximum atomic E-state index is 13.1. The van der Waals surface area contributed by atoms with Crippen LogP contribution in [0.1, 0.15) is 57.1 Å². The maximum Gasteiger partial charge on any atom is 0.179 e. The maximum absolute atomic E-state index is 13.1. The molecule has 0 aromatic heterocycles. The van der Waals surface area contributed by atoms with Gasteiger partial charge in [-0.15, -0.1) is 0 Å². The van der Waals surface area contributed by atoms with Crippen LogP contribution in [0, 0.1) is 5.92 Å². The molecule has 0 atom stereocenters. The van der Waals surface area contributed by atoms with Crippen molar-refractivity contribution in [3.63, 3.8) is 0 Å². The minimum absolute atomic E-state index is 0.0506. The summed E-state index contributed by atoms with van der Waals surface area (Å²) in [5, 5.41) is 0. The first kappa shape index (κ1) is 28.7. The minimum Gasteiger partial charge on any atom is -0.493 e. The van der Waals surface area contributed by atoms with Gasteiger partial charge in [0.1, 0.15) is 5.75 Å². The molecule has 0 bridgehead atoms. The quantitative estimate of drug-likeness (QED) is 0.281. The van der Waals surface area contributed by atoms with Gasteiger partial charge in [0.2, 0.25) is 0 Å². The molecule has 5 rings (SSSR count). The smallest absolute Gasteiger partial charge is 0.179 e. The van der Waals surface area contributed by atoms with Gasteiger partial charge in [-0.25, -0.2) is 8.42 Å². The van der Waals surface area contributed by atoms with Crippen molar-refractivity contribution in [2.24, 2.45) is 5.92 Å². The highest BCUT2D eigenvalue weighted by molar-refractivity contribution is 7.91. The Labute approximate surface area is 241 Å². The lowest BCUT2D eigenvalue weighted by Gasteiger charge is -2.36. The molecular weight excluding hydrogens is 516 g/mol. The highest BCUT2D eigenvalue weighted by atomic mass is 32.2. The Morgan fingerprint density at radius 3 is 2.17 bits per heavy atom. The van der Waals surface area contributed by atoms with E-state index in [0.717, 1.165) is 26.2 Å². The van der Waals surface area contributed by atoms with E-state index >= 15 is 0 Å². The summed E-state index contributed by atoms with van der Waals surface area (Å²) in [4.78, 5) is 5.03. The number of hydrogen-bond donors (Lipinski definition) is 0. The van der Waals surface area contributed by atoms with Crippen LogP contribution in [0.2, 0.25) is 0 Å². The summed E-state index contributed by atoms with van der Waals surface area (Å²) in [6, 6.07) is 26.7. The van der Waals surface area contributed by atoms with Crippen molar-refractivity contribution in [2.75, 3.05) is 50.0 Å². The molecule has 1 saturated heterocycles. The number of nitrogens with zero attached hydrogens (tertiary/aromatic N) is 2. The first-order valence-electron chi connectivity index (χ1n) is 14.9. The number of piperazine rings is 1. The molecule has 0 spiro atoms. The van der Waals surface area contributed by atoms with Crippen molar-refractivity contribution in [3.05, 3.63) is 90.0 Å². The molecule has 2 aliphatic rings. The van der Waals surface area contributed by atoms with Gasteiger partial charge in [-0.3, -0.25) is 4.90 Å². The van der Waals surface area contributed by atoms with Crippen molar-refractivity contribution in [2.45, 2.75) is 56.3 Å². The lowest BCUT2D eigenvalue weighted by Crippen LogP contribution is -2.47. The molecule has 0 amide bonds. The third kappa shape index (κ3) is 7.08. The van der Waals surface area contributed by atoms with Gasteiger partial charge in [0.25, 0.3) is 0 Å². The summed E-state index contributed by atoms with van der Waals surface area (Å²) in [5.74, 6) is 1.38. The van der Waals surface area contributed by atoms with Crippen LogP contribution in [0.25, 0.3) is 0 Å². The van der Waals surface area contributed by atoms with E-state index in [1.807, 2.05) is 6.07 Å². The summed E-state index contributed by atoms with van der Waals surface area (Å²) in [5.41, 5.74) is 3.79. The van der Waals surface area contributed by atoms with Crippen LogP contribution >= 0.6 is 0 Å². The van der Waals surface area contributed by atoms with Crippen LogP contribution in [-0.2, 0) is 15.3 Å². The molecule has 6 heteroatoms. The highest BCUT2D eigenvalue weighted by Crippen LogP contribution is 2.32. The number of hydrogen-bond acceptors (Lipinski definition) is 5. The van der Waals surface area contributed by atoms with Crippen LogP contribution in [0.5, 0.6) is 5.75 Å². The van der Waals surface area contributed by atoms with Crippen molar-refractivity contribution in [1.29, 1.82) is 0 Å². The number of benzene rings is 3. The van der Waals surface area contributed by atoms with Gasteiger partial charge in [-0.2, -0.15) is 0 Å². The van der Waals surface area contributed by atoms with Crippen LogP contribution in [0.15, 0.2) is 83.8 Å². The van der Waals surface area contributed by atoms with Gasteiger partial charge in [0, 0.05) is 43.8 Å². The summed E-state index contributed by atoms with van der Waals surface area (Å²) < 4.78 is 32.3. The van der Waals surface area contributed by atoms with Gasteiger partial charge < -0.3 is 9.64 Å². The zero-order valence-corrected chi connectivity index (χ0v) is 24.9. The van der Waals surface area contributed by atoms with Gasteiger partial charge in [0.05, 0.1) is 17.3 Å². The van der Waals surface area contributed by atoms with Crippen LogP contribution in [0.4, 0.5) is 5.69 Å². The second-order valence-corrected chi connectivity index (χ2v) is 14.1. The molecule has 214 valence electrons. The van der Waals surface area contributed by atoms with E-state index in [-0.39, 0.29) is 11.2 Å². The Morgan fingerprint density at radius 2 is 1.48 bits per heavy atom. The van der Waals surface area contributed by atoms with E-state index < -0.39 is 9.84 Å². The van der Waals surface area contributed by atoms with Crippen molar-refractivity contribution >= 4 is 15.5 Å². The number of sulfone groups is 1. The molecule has 3 aromatic carbocycles. The molecule has 1 aliphatic heterocycles. The third-order valence-electron chi connectivity index (χ3n) is 8.87. The van der Waals surface area contributed by atoms with Crippen LogP contribution < -0.4 is 9.64 Å². The molecule has 40 heavy (non-hydrogen) atoms. The van der Waals surface area contributed by atoms with Gasteiger partial charge in [-0.05, 0) is 60.2 Å². The third-order valence-corrected chi connectivity index (χ3v) is 10.6. The summed E-state index contributed by atoms with van der Waals surface area (Å²) in [7, 11) is -3.37. The Bertz CT molecular complexity index is 1330. The number of rotatable bonds is 10. The summed E-state index contributed by atoms with van der Waals surface area (Å²) in [6.45, 7) is 9.28. The Hall–Kier alpha value is -2.83. The molecule has 0 radical (unpaired) electrons. The second-order valence-electron chi connectivity index (χ2n) is 12.0. The van der Waals surface area contributed by atoms with Crippen LogP contribution in [-0.4, -0.2) is 58.4 Å². The number of ether oxygens (including phenoxy) is 1. The van der Waals surface area contributed by atoms with Gasteiger partial charge in [0.15, 0.2) is 9.84 Å². The highest BCUT2D eigenvalue weighted by Gasteiger charge is 2.24. The normalized spacial score (nSPS) is 17.6. The van der Waals surface area contributed by atoms with E-state index in [1.165, 1.54) is 48.9 Å². The summed E-state index contributed by atoms with van der Waals surface area (Å²) >= 11 is 0. The van der Waals surface area contributed by atoms with Crippen molar-refractivity contribution in [1.82, 2.24) is 4.90 Å². The first-order valence-corrected chi connectivity index (χ1v) is 16.6. The number of anilines is 1. The van der Waals surface area contributed by atoms with Gasteiger partial charge in [-0.1, -0.05) is 81.6 Å². The molecule has 2 fully saturated rings. The van der Waals surface area contributed by atoms with E-state index in [4.69, 9.17) is 4.74 Å². The Kier molecular flexibility index (Phi) is 9.17. The second kappa shape index (κ2) is 12.8. The van der Waals surface area contributed by atoms with Crippen molar-refractivity contribution < 1.29 is 13.2 Å². The fraction of sp³-hybridized carbons (Fsp3) is 0.471. The monoisotopic (exact) mass is 560 g/mol. The van der Waals surface area contributed by atoms with E-state index in [1.54, 1.807) is 18.2 Å². The predicted molar refractivity (Wildman–Crippen MR) is 164 cm³/mol. The summed E-state index contributed by atoms with van der Waals surface area (Å²) in [6.07, 6.45) is 6.29. The fourth-order valence-electron chi connectivity index (χ4n) is 6.03. The predicted octanol–water partition coefficient (Wildman–Crippen LogP) is 6.57. The van der Waals surface area contributed by atoms with Crippen molar-refractivity contribution in [3.8, 4) is 5.75 Å². The zero-order valence-electron chi connectivity index (χ0n) is 24.1. The SMILES string of the molecule is CC(C)(c1ccccc1)c1ccc(N2CCN(CCS(=O)(=O)c3cccc(OCC4CCCCC4)c3)CC2)cc1. The zero-order chi connectivity index (χ0) is 28.0. The molecule has 1 saturated carbocycles. The Balaban J connectivity index is 1.11. The molecule has 3 aromatic rings. The molecule has 1 heterocycles. The lowest BCUT2D eigenvalue weighted by molar-refractivity contribution is 0.208. The minimum atomic E-state index is -3.37. The molecule has 1 aliphatic carbocycles. The van der Waals surface area contributed by atoms with Crippen LogP contribution in [0.3, 0.4) is 0 Å². The van der Waals surface area contributed by atoms with E-state index in [2.05, 4.69) is 78.2 Å². The average molecular weight is 561 g/mol. The van der Waals surface area contributed by atoms with Gasteiger partial charge >= 0.3 is 0 Å². The Morgan fingerprint density at radius 1 is 0.800 bits per heavy atom. The standard InChI is InChI=1S/C34H44N2O3S/c1-34(2,29-12-7-4-8-13-29)30-16-18-31(19-17-30)36-22-20-35(21-23-36)24-25-40(37,38)33-15-9-14-32(26-33)39-27-28-10-5-3-6-11-28/h4,7-9,12-19,26,28H,3,5-6,10-11,20-25,27H2,1-2H3. The molecular formula is C34H44N2O3S. The fourth-order valence-corrected chi connectivity index (χ4v) is 7.35. The topological polar surface area (TPSA) is 49.9 Å². The lowest BCUT2D eigenvalue weighted by atomic mass is 9.78. The molecule has 0 unspecified atom stereocenters. The van der Waals surface area contributed by atoms with E-state index in [0.29, 0.717) is 29.7 Å². The average Bonchev–Trinajstić information content (AvgIpc) is 3.00. The largest absolute Gasteiger partial charge is 0.493 e. The first-order chi connectivity index (χ1) is 19.3.